The van der Waals surface area contributed by atoms with Crippen LogP contribution in [0.25, 0.3) is 0 Å². The van der Waals surface area contributed by atoms with Crippen molar-refractivity contribution in [2.24, 2.45) is 0 Å². The molecule has 0 heterocycles. The lowest BCUT2D eigenvalue weighted by Gasteiger charge is -2.02. The van der Waals surface area contributed by atoms with Crippen LogP contribution in [0.3, 0.4) is 0 Å². The second-order valence-corrected chi connectivity index (χ2v) is 3.87. The van der Waals surface area contributed by atoms with E-state index in [1.807, 2.05) is 0 Å². The number of ketones is 1. The van der Waals surface area contributed by atoms with Crippen LogP contribution in [-0.4, -0.2) is 17.0 Å². The predicted octanol–water partition coefficient (Wildman–Crippen LogP) is 2.21. The summed E-state index contributed by atoms with van der Waals surface area (Å²) < 4.78 is 0.195. The fraction of sp³-hybridized carbons (Fsp3) is 0.111. The predicted molar refractivity (Wildman–Crippen MR) is 61.2 cm³/mol. The molecular weight excluding hydrogens is 313 g/mol. The van der Waals surface area contributed by atoms with E-state index in [4.69, 9.17) is 0 Å². The highest BCUT2D eigenvalue weighted by Crippen LogP contribution is 2.28. The third kappa shape index (κ3) is 2.20. The standard InChI is InChI=1S/C9H6INO4/c1-5(13)7-3-2-6(4-12)8(10)9(7)11(14)15/h2-4H,1H3. The summed E-state index contributed by atoms with van der Waals surface area (Å²) in [5.74, 6) is -0.392. The third-order valence-electron chi connectivity index (χ3n) is 1.83. The van der Waals surface area contributed by atoms with Crippen molar-refractivity contribution in [3.8, 4) is 0 Å². The van der Waals surface area contributed by atoms with Gasteiger partial charge in [-0.3, -0.25) is 19.7 Å². The maximum absolute atomic E-state index is 11.1. The summed E-state index contributed by atoms with van der Waals surface area (Å²) in [6, 6.07) is 2.70. The van der Waals surface area contributed by atoms with Crippen LogP contribution in [0.4, 0.5) is 5.69 Å². The molecule has 0 aliphatic heterocycles. The van der Waals surface area contributed by atoms with Crippen LogP contribution in [0, 0.1) is 13.7 Å². The summed E-state index contributed by atoms with van der Waals surface area (Å²) in [4.78, 5) is 31.8. The molecule has 0 amide bonds. The topological polar surface area (TPSA) is 77.3 Å². The zero-order valence-electron chi connectivity index (χ0n) is 7.69. The minimum Gasteiger partial charge on any atom is -0.298 e. The second kappa shape index (κ2) is 4.47. The number of benzene rings is 1. The summed E-state index contributed by atoms with van der Waals surface area (Å²) in [5.41, 5.74) is -0.0602. The van der Waals surface area contributed by atoms with Crippen molar-refractivity contribution in [1.82, 2.24) is 0 Å². The monoisotopic (exact) mass is 319 g/mol. The lowest BCUT2D eigenvalue weighted by atomic mass is 10.1. The fourth-order valence-electron chi connectivity index (χ4n) is 1.13. The first-order valence-electron chi connectivity index (χ1n) is 3.92. The summed E-state index contributed by atoms with van der Waals surface area (Å²) in [7, 11) is 0. The molecule has 78 valence electrons. The number of nitro benzene ring substituents is 1. The Kier molecular flexibility index (Phi) is 3.51. The van der Waals surface area contributed by atoms with Crippen LogP contribution in [0.2, 0.25) is 0 Å². The highest BCUT2D eigenvalue weighted by atomic mass is 127. The molecule has 1 aromatic rings. The van der Waals surface area contributed by atoms with Gasteiger partial charge in [0.2, 0.25) is 0 Å². The smallest absolute Gasteiger partial charge is 0.294 e. The van der Waals surface area contributed by atoms with E-state index in [2.05, 4.69) is 0 Å². The molecule has 1 rings (SSSR count). The Morgan fingerprint density at radius 1 is 1.53 bits per heavy atom. The van der Waals surface area contributed by atoms with E-state index in [9.17, 15) is 19.7 Å². The molecule has 0 saturated carbocycles. The van der Waals surface area contributed by atoms with Crippen molar-refractivity contribution in [1.29, 1.82) is 0 Å². The molecule has 0 unspecified atom stereocenters. The quantitative estimate of drug-likeness (QED) is 0.281. The van der Waals surface area contributed by atoms with Gasteiger partial charge in [-0.25, -0.2) is 0 Å². The summed E-state index contributed by atoms with van der Waals surface area (Å²) in [6.45, 7) is 1.25. The van der Waals surface area contributed by atoms with Gasteiger partial charge in [-0.05, 0) is 41.6 Å². The van der Waals surface area contributed by atoms with Crippen LogP contribution in [0.1, 0.15) is 27.6 Å². The Morgan fingerprint density at radius 2 is 2.13 bits per heavy atom. The minimum absolute atomic E-state index is 0.0231. The zero-order chi connectivity index (χ0) is 11.6. The number of hydrogen-bond donors (Lipinski definition) is 0. The van der Waals surface area contributed by atoms with Crippen LogP contribution in [-0.2, 0) is 0 Å². The lowest BCUT2D eigenvalue weighted by molar-refractivity contribution is -0.386. The summed E-state index contributed by atoms with van der Waals surface area (Å²) in [5, 5.41) is 10.7. The maximum atomic E-state index is 11.1. The van der Waals surface area contributed by atoms with Crippen molar-refractivity contribution in [3.63, 3.8) is 0 Å². The van der Waals surface area contributed by atoms with Crippen LogP contribution >= 0.6 is 22.6 Å². The van der Waals surface area contributed by atoms with Crippen molar-refractivity contribution in [2.75, 3.05) is 0 Å². The molecule has 0 spiro atoms. The van der Waals surface area contributed by atoms with E-state index >= 15 is 0 Å². The van der Waals surface area contributed by atoms with Crippen LogP contribution in [0.5, 0.6) is 0 Å². The molecule has 0 bridgehead atoms. The number of carbonyl (C=O) groups is 2. The van der Waals surface area contributed by atoms with Gasteiger partial charge >= 0.3 is 0 Å². The summed E-state index contributed by atoms with van der Waals surface area (Å²) >= 11 is 1.69. The molecule has 0 aromatic heterocycles. The second-order valence-electron chi connectivity index (χ2n) is 2.80. The highest BCUT2D eigenvalue weighted by Gasteiger charge is 2.23. The molecule has 0 atom stereocenters. The number of Topliss-reactive ketones (excluding diaryl/α,β-unsaturated/α-hetero) is 1. The van der Waals surface area contributed by atoms with E-state index in [-0.39, 0.29) is 20.4 Å². The van der Waals surface area contributed by atoms with Gasteiger partial charge in [-0.1, -0.05) is 0 Å². The Balaban J connectivity index is 3.58. The molecular formula is C9H6INO4. The maximum Gasteiger partial charge on any atom is 0.294 e. The Hall–Kier alpha value is -1.31. The van der Waals surface area contributed by atoms with Crippen molar-refractivity contribution in [2.45, 2.75) is 6.92 Å². The number of nitro groups is 1. The Labute approximate surface area is 98.8 Å². The first-order chi connectivity index (χ1) is 6.99. The molecule has 0 aliphatic rings. The molecule has 0 fully saturated rings. The zero-order valence-corrected chi connectivity index (χ0v) is 9.85. The van der Waals surface area contributed by atoms with E-state index in [0.29, 0.717) is 6.29 Å². The van der Waals surface area contributed by atoms with Gasteiger partial charge in [0.25, 0.3) is 5.69 Å². The number of carbonyl (C=O) groups excluding carboxylic acids is 2. The van der Waals surface area contributed by atoms with Gasteiger partial charge in [0.05, 0.1) is 10.5 Å². The Morgan fingerprint density at radius 3 is 2.53 bits per heavy atom. The van der Waals surface area contributed by atoms with Crippen molar-refractivity contribution < 1.29 is 14.5 Å². The van der Waals surface area contributed by atoms with Crippen LogP contribution < -0.4 is 0 Å². The molecule has 0 aliphatic carbocycles. The number of hydrogen-bond acceptors (Lipinski definition) is 4. The average molecular weight is 319 g/mol. The highest BCUT2D eigenvalue weighted by molar-refractivity contribution is 14.1. The van der Waals surface area contributed by atoms with E-state index in [0.717, 1.165) is 0 Å². The molecule has 1 aromatic carbocycles. The lowest BCUT2D eigenvalue weighted by Crippen LogP contribution is -2.04. The fourth-order valence-corrected chi connectivity index (χ4v) is 1.93. The number of aldehydes is 1. The molecule has 0 N–H and O–H groups in total. The van der Waals surface area contributed by atoms with E-state index in [1.54, 1.807) is 22.6 Å². The first kappa shape index (κ1) is 11.8. The molecule has 5 nitrogen and oxygen atoms in total. The van der Waals surface area contributed by atoms with Gasteiger partial charge < -0.3 is 0 Å². The largest absolute Gasteiger partial charge is 0.298 e. The SMILES string of the molecule is CC(=O)c1ccc(C=O)c(I)c1[N+](=O)[O-]. The number of halogens is 1. The molecule has 0 radical (unpaired) electrons. The van der Waals surface area contributed by atoms with Gasteiger partial charge in [-0.15, -0.1) is 0 Å². The number of nitrogens with zero attached hydrogens (tertiary/aromatic N) is 1. The summed E-state index contributed by atoms with van der Waals surface area (Å²) in [6.07, 6.45) is 0.526. The first-order valence-corrected chi connectivity index (χ1v) is 5.00. The van der Waals surface area contributed by atoms with Crippen molar-refractivity contribution >= 4 is 40.3 Å². The van der Waals surface area contributed by atoms with E-state index in [1.165, 1.54) is 19.1 Å². The van der Waals surface area contributed by atoms with Gasteiger partial charge in [0.1, 0.15) is 3.57 Å². The molecule has 15 heavy (non-hydrogen) atoms. The number of rotatable bonds is 3. The van der Waals surface area contributed by atoms with Crippen LogP contribution in [0.15, 0.2) is 12.1 Å². The average Bonchev–Trinajstić information content (AvgIpc) is 2.16. The van der Waals surface area contributed by atoms with Gasteiger partial charge in [0.15, 0.2) is 12.1 Å². The Bertz CT molecular complexity index is 456. The molecule has 0 saturated heterocycles. The van der Waals surface area contributed by atoms with Gasteiger partial charge in [0, 0.05) is 5.56 Å². The normalized spacial score (nSPS) is 9.73. The molecule has 6 heteroatoms. The van der Waals surface area contributed by atoms with E-state index < -0.39 is 10.7 Å². The van der Waals surface area contributed by atoms with Crippen molar-refractivity contribution in [3.05, 3.63) is 36.9 Å². The minimum atomic E-state index is -0.647. The third-order valence-corrected chi connectivity index (χ3v) is 2.97. The van der Waals surface area contributed by atoms with Gasteiger partial charge in [-0.2, -0.15) is 0 Å².